The van der Waals surface area contributed by atoms with Crippen LogP contribution in [-0.4, -0.2) is 10.1 Å². The van der Waals surface area contributed by atoms with Gasteiger partial charge in [0, 0.05) is 5.39 Å². The van der Waals surface area contributed by atoms with E-state index in [0.29, 0.717) is 11.8 Å². The van der Waals surface area contributed by atoms with Crippen LogP contribution in [0.3, 0.4) is 0 Å². The van der Waals surface area contributed by atoms with Gasteiger partial charge in [-0.2, -0.15) is 13.2 Å². The minimum atomic E-state index is -4.50. The second kappa shape index (κ2) is 5.76. The average molecular weight is 315 g/mol. The van der Waals surface area contributed by atoms with Gasteiger partial charge in [-0.1, -0.05) is 30.3 Å². The molecule has 3 aromatic rings. The van der Waals surface area contributed by atoms with Crippen molar-refractivity contribution in [3.8, 4) is 5.75 Å². The van der Waals surface area contributed by atoms with Crippen molar-refractivity contribution in [1.82, 2.24) is 4.98 Å². The molecule has 0 aliphatic rings. The monoisotopic (exact) mass is 315 g/mol. The largest absolute Gasteiger partial charge is 0.508 e. The molecule has 2 aromatic carbocycles. The smallest absolute Gasteiger partial charge is 0.416 e. The highest BCUT2D eigenvalue weighted by atomic mass is 19.4. The van der Waals surface area contributed by atoms with Crippen molar-refractivity contribution in [2.45, 2.75) is 6.18 Å². The van der Waals surface area contributed by atoms with E-state index in [1.54, 1.807) is 12.1 Å². The molecule has 0 unspecified atom stereocenters. The van der Waals surface area contributed by atoms with Gasteiger partial charge in [0.05, 0.1) is 16.8 Å². The zero-order chi connectivity index (χ0) is 16.4. The normalized spacial score (nSPS) is 12.1. The van der Waals surface area contributed by atoms with E-state index in [0.717, 1.165) is 17.0 Å². The molecule has 3 rings (SSSR count). The summed E-state index contributed by atoms with van der Waals surface area (Å²) in [7, 11) is 0. The molecule has 0 saturated heterocycles. The quantitative estimate of drug-likeness (QED) is 0.711. The van der Waals surface area contributed by atoms with Crippen LogP contribution in [0.5, 0.6) is 5.75 Å². The molecule has 0 spiro atoms. The lowest BCUT2D eigenvalue weighted by atomic mass is 10.1. The summed E-state index contributed by atoms with van der Waals surface area (Å²) < 4.78 is 38.2. The Kier molecular flexibility index (Phi) is 3.78. The predicted octanol–water partition coefficient (Wildman–Crippen LogP) is 5.13. The third kappa shape index (κ3) is 3.51. The fourth-order valence-corrected chi connectivity index (χ4v) is 2.25. The Morgan fingerprint density at radius 3 is 2.48 bits per heavy atom. The van der Waals surface area contributed by atoms with E-state index in [4.69, 9.17) is 0 Å². The van der Waals surface area contributed by atoms with E-state index in [1.807, 2.05) is 30.3 Å². The summed E-state index contributed by atoms with van der Waals surface area (Å²) in [6.45, 7) is 0. The van der Waals surface area contributed by atoms with Crippen molar-refractivity contribution in [2.24, 2.45) is 0 Å². The number of fused-ring (bicyclic) bond motifs is 1. The van der Waals surface area contributed by atoms with Crippen LogP contribution in [0.15, 0.2) is 54.6 Å². The molecule has 23 heavy (non-hydrogen) atoms. The lowest BCUT2D eigenvalue weighted by Crippen LogP contribution is -2.04. The highest BCUT2D eigenvalue weighted by Crippen LogP contribution is 2.32. The van der Waals surface area contributed by atoms with Crippen LogP contribution in [0.4, 0.5) is 13.2 Å². The number of phenols is 1. The van der Waals surface area contributed by atoms with Gasteiger partial charge in [-0.15, -0.1) is 0 Å². The molecule has 5 heteroatoms. The number of nitrogens with zero attached hydrogens (tertiary/aromatic N) is 1. The number of aromatic hydroxyl groups is 1. The number of halogens is 3. The second-order valence-electron chi connectivity index (χ2n) is 5.07. The van der Waals surface area contributed by atoms with Crippen molar-refractivity contribution in [3.05, 3.63) is 71.4 Å². The van der Waals surface area contributed by atoms with E-state index in [1.165, 1.54) is 12.1 Å². The van der Waals surface area contributed by atoms with E-state index in [9.17, 15) is 18.3 Å². The van der Waals surface area contributed by atoms with Gasteiger partial charge in [0.25, 0.3) is 0 Å². The van der Waals surface area contributed by atoms with Gasteiger partial charge >= 0.3 is 6.18 Å². The molecule has 1 heterocycles. The number of para-hydroxylation sites is 1. The van der Waals surface area contributed by atoms with Crippen molar-refractivity contribution >= 4 is 23.1 Å². The zero-order valence-electron chi connectivity index (χ0n) is 11.9. The Labute approximate surface area is 130 Å². The molecule has 1 N–H and O–H groups in total. The summed E-state index contributed by atoms with van der Waals surface area (Å²) in [5.41, 5.74) is 0.804. The van der Waals surface area contributed by atoms with Gasteiger partial charge in [-0.05, 0) is 42.0 Å². The number of alkyl halides is 3. The molecule has 0 aliphatic heterocycles. The molecule has 2 nitrogen and oxygen atoms in total. The molecule has 0 amide bonds. The number of benzene rings is 2. The number of hydrogen-bond donors (Lipinski definition) is 1. The molecule has 0 radical (unpaired) electrons. The molecule has 116 valence electrons. The summed E-state index contributed by atoms with van der Waals surface area (Å²) in [5, 5.41) is 10.4. The molecule has 1 aromatic heterocycles. The van der Waals surface area contributed by atoms with Crippen molar-refractivity contribution in [3.63, 3.8) is 0 Å². The number of pyridine rings is 1. The Balaban J connectivity index is 1.93. The summed E-state index contributed by atoms with van der Waals surface area (Å²) in [5.74, 6) is -0.425. The van der Waals surface area contributed by atoms with Gasteiger partial charge in [0.1, 0.15) is 5.75 Å². The maximum absolute atomic E-state index is 12.7. The van der Waals surface area contributed by atoms with Crippen LogP contribution in [-0.2, 0) is 6.18 Å². The molecule has 0 fully saturated rings. The number of rotatable bonds is 2. The number of hydrogen-bond acceptors (Lipinski definition) is 2. The Morgan fingerprint density at radius 2 is 1.70 bits per heavy atom. The number of phenolic OH excluding ortho intramolecular Hbond substituents is 1. The molecule has 0 atom stereocenters. The van der Waals surface area contributed by atoms with Crippen LogP contribution in [0.2, 0.25) is 0 Å². The van der Waals surface area contributed by atoms with Gasteiger partial charge < -0.3 is 5.11 Å². The minimum Gasteiger partial charge on any atom is -0.508 e. The molecular weight excluding hydrogens is 303 g/mol. The van der Waals surface area contributed by atoms with Gasteiger partial charge in [-0.3, -0.25) is 0 Å². The fourth-order valence-electron chi connectivity index (χ4n) is 2.25. The maximum atomic E-state index is 12.7. The summed E-state index contributed by atoms with van der Waals surface area (Å²) >= 11 is 0. The number of aromatic nitrogens is 1. The average Bonchev–Trinajstić information content (AvgIpc) is 2.51. The van der Waals surface area contributed by atoms with Crippen LogP contribution >= 0.6 is 0 Å². The second-order valence-corrected chi connectivity index (χ2v) is 5.07. The van der Waals surface area contributed by atoms with Crippen LogP contribution in [0.1, 0.15) is 16.8 Å². The molecule has 0 saturated carbocycles. The minimum absolute atomic E-state index is 0.257. The SMILES string of the molecule is Oc1cc(/C=C/c2ccc3ccccc3n2)cc(C(F)(F)F)c1. The fraction of sp³-hybridized carbons (Fsp3) is 0.0556. The van der Waals surface area contributed by atoms with E-state index in [2.05, 4.69) is 4.98 Å². The first-order chi connectivity index (χ1) is 10.9. The molecule has 0 aliphatic carbocycles. The third-order valence-corrected chi connectivity index (χ3v) is 3.33. The Morgan fingerprint density at radius 1 is 0.913 bits per heavy atom. The van der Waals surface area contributed by atoms with Crippen molar-refractivity contribution < 1.29 is 18.3 Å². The lowest BCUT2D eigenvalue weighted by molar-refractivity contribution is -0.137. The Bertz CT molecular complexity index is 885. The van der Waals surface area contributed by atoms with E-state index >= 15 is 0 Å². The first kappa shape index (κ1) is 15.1. The van der Waals surface area contributed by atoms with E-state index in [-0.39, 0.29) is 5.56 Å². The first-order valence-corrected chi connectivity index (χ1v) is 6.87. The van der Waals surface area contributed by atoms with E-state index < -0.39 is 17.5 Å². The van der Waals surface area contributed by atoms with Crippen LogP contribution in [0, 0.1) is 0 Å². The highest BCUT2D eigenvalue weighted by molar-refractivity contribution is 5.80. The van der Waals surface area contributed by atoms with Gasteiger partial charge in [0.2, 0.25) is 0 Å². The summed E-state index contributed by atoms with van der Waals surface area (Å²) in [4.78, 5) is 4.41. The third-order valence-electron chi connectivity index (χ3n) is 3.33. The van der Waals surface area contributed by atoms with Crippen molar-refractivity contribution in [1.29, 1.82) is 0 Å². The summed E-state index contributed by atoms with van der Waals surface area (Å²) in [6.07, 6.45) is -1.39. The standard InChI is InChI=1S/C18H12F3NO/c19-18(20,21)14-9-12(10-16(23)11-14)5-7-15-8-6-13-3-1-2-4-17(13)22-15/h1-11,23H/b7-5+. The van der Waals surface area contributed by atoms with Gasteiger partial charge in [0.15, 0.2) is 0 Å². The molecular formula is C18H12F3NO. The zero-order valence-corrected chi connectivity index (χ0v) is 11.9. The predicted molar refractivity (Wildman–Crippen MR) is 83.8 cm³/mol. The topological polar surface area (TPSA) is 33.1 Å². The maximum Gasteiger partial charge on any atom is 0.416 e. The molecule has 0 bridgehead atoms. The summed E-state index contributed by atoms with van der Waals surface area (Å²) in [6, 6.07) is 14.2. The first-order valence-electron chi connectivity index (χ1n) is 6.87. The van der Waals surface area contributed by atoms with Crippen molar-refractivity contribution in [2.75, 3.05) is 0 Å². The highest BCUT2D eigenvalue weighted by Gasteiger charge is 2.31. The Hall–Kier alpha value is -2.82. The van der Waals surface area contributed by atoms with Crippen LogP contribution < -0.4 is 0 Å². The van der Waals surface area contributed by atoms with Gasteiger partial charge in [-0.25, -0.2) is 4.98 Å². The van der Waals surface area contributed by atoms with Crippen LogP contribution in [0.25, 0.3) is 23.1 Å². The lowest BCUT2D eigenvalue weighted by Gasteiger charge is -2.08.